The van der Waals surface area contributed by atoms with Gasteiger partial charge in [0, 0.05) is 11.8 Å². The zero-order valence-electron chi connectivity index (χ0n) is 6.27. The van der Waals surface area contributed by atoms with E-state index < -0.39 is 0 Å². The molecule has 0 saturated heterocycles. The molecule has 0 atom stereocenters. The van der Waals surface area contributed by atoms with E-state index in [9.17, 15) is 0 Å². The van der Waals surface area contributed by atoms with Gasteiger partial charge in [0.05, 0.1) is 29.7 Å². The van der Waals surface area contributed by atoms with Crippen LogP contribution in [0.25, 0.3) is 0 Å². The molecule has 2 aromatic rings. The van der Waals surface area contributed by atoms with Gasteiger partial charge in [-0.3, -0.25) is 4.68 Å². The van der Waals surface area contributed by atoms with Crippen molar-refractivity contribution in [3.63, 3.8) is 0 Å². The maximum atomic E-state index is 4.94. The summed E-state index contributed by atoms with van der Waals surface area (Å²) in [4.78, 5) is 0. The highest BCUT2D eigenvalue weighted by atomic mass is 79.9. The topological polar surface area (TPSA) is 31.0 Å². The van der Waals surface area contributed by atoms with Crippen molar-refractivity contribution in [3.05, 3.63) is 41.0 Å². The van der Waals surface area contributed by atoms with Gasteiger partial charge in [0.15, 0.2) is 0 Å². The van der Waals surface area contributed by atoms with Crippen LogP contribution in [-0.2, 0) is 6.54 Å². The third kappa shape index (κ3) is 1.58. The summed E-state index contributed by atoms with van der Waals surface area (Å²) < 4.78 is 7.77. The van der Waals surface area contributed by atoms with Gasteiger partial charge in [0.2, 0.25) is 0 Å². The van der Waals surface area contributed by atoms with Crippen molar-refractivity contribution in [2.75, 3.05) is 0 Å². The second kappa shape index (κ2) is 3.15. The molecule has 2 aromatic heterocycles. The Labute approximate surface area is 78.1 Å². The van der Waals surface area contributed by atoms with Gasteiger partial charge in [-0.1, -0.05) is 0 Å². The first-order valence-electron chi connectivity index (χ1n) is 3.53. The Morgan fingerprint density at radius 1 is 1.58 bits per heavy atom. The fourth-order valence-corrected chi connectivity index (χ4v) is 1.32. The van der Waals surface area contributed by atoms with Crippen molar-refractivity contribution < 1.29 is 4.42 Å². The fraction of sp³-hybridized carbons (Fsp3) is 0.125. The number of furan rings is 1. The molecule has 0 bridgehead atoms. The molecule has 3 nitrogen and oxygen atoms in total. The van der Waals surface area contributed by atoms with Crippen molar-refractivity contribution in [1.29, 1.82) is 0 Å². The summed E-state index contributed by atoms with van der Waals surface area (Å²) in [7, 11) is 0. The first-order valence-corrected chi connectivity index (χ1v) is 4.33. The average Bonchev–Trinajstić information content (AvgIpc) is 2.63. The van der Waals surface area contributed by atoms with Crippen LogP contribution in [0.2, 0.25) is 0 Å². The number of nitrogens with zero attached hydrogens (tertiary/aromatic N) is 2. The van der Waals surface area contributed by atoms with E-state index in [2.05, 4.69) is 21.0 Å². The SMILES string of the molecule is Brc1cnn(Cc2ccoc2)c1. The molecule has 2 heterocycles. The highest BCUT2D eigenvalue weighted by Gasteiger charge is 1.97. The van der Waals surface area contributed by atoms with Gasteiger partial charge in [-0.05, 0) is 22.0 Å². The molecule has 0 unspecified atom stereocenters. The highest BCUT2D eigenvalue weighted by molar-refractivity contribution is 9.10. The van der Waals surface area contributed by atoms with Crippen LogP contribution in [0.1, 0.15) is 5.56 Å². The second-order valence-electron chi connectivity index (χ2n) is 2.49. The highest BCUT2D eigenvalue weighted by Crippen LogP contribution is 2.08. The van der Waals surface area contributed by atoms with E-state index in [0.29, 0.717) is 0 Å². The van der Waals surface area contributed by atoms with Gasteiger partial charge in [0.1, 0.15) is 0 Å². The number of aromatic nitrogens is 2. The summed E-state index contributed by atoms with van der Waals surface area (Å²) in [5.74, 6) is 0. The molecule has 0 spiro atoms. The van der Waals surface area contributed by atoms with Gasteiger partial charge in [-0.25, -0.2) is 0 Å². The Morgan fingerprint density at radius 3 is 3.08 bits per heavy atom. The second-order valence-corrected chi connectivity index (χ2v) is 3.40. The largest absolute Gasteiger partial charge is 0.472 e. The molecule has 0 N–H and O–H groups in total. The van der Waals surface area contributed by atoms with Crippen LogP contribution in [0.3, 0.4) is 0 Å². The molecule has 0 radical (unpaired) electrons. The Bertz CT molecular complexity index is 353. The Balaban J connectivity index is 2.14. The summed E-state index contributed by atoms with van der Waals surface area (Å²) in [6.45, 7) is 0.752. The minimum Gasteiger partial charge on any atom is -0.472 e. The molecular weight excluding hydrogens is 220 g/mol. The van der Waals surface area contributed by atoms with E-state index in [1.807, 2.05) is 16.9 Å². The molecule has 4 heteroatoms. The van der Waals surface area contributed by atoms with Crippen LogP contribution >= 0.6 is 15.9 Å². The third-order valence-electron chi connectivity index (χ3n) is 1.53. The van der Waals surface area contributed by atoms with Gasteiger partial charge in [-0.15, -0.1) is 0 Å². The van der Waals surface area contributed by atoms with Crippen LogP contribution in [0.4, 0.5) is 0 Å². The van der Waals surface area contributed by atoms with E-state index in [4.69, 9.17) is 4.42 Å². The predicted molar refractivity (Wildman–Crippen MR) is 47.7 cm³/mol. The van der Waals surface area contributed by atoms with Crippen LogP contribution in [0.5, 0.6) is 0 Å². The Kier molecular flexibility index (Phi) is 1.99. The maximum Gasteiger partial charge on any atom is 0.0953 e. The van der Waals surface area contributed by atoms with Gasteiger partial charge < -0.3 is 4.42 Å². The smallest absolute Gasteiger partial charge is 0.0953 e. The zero-order chi connectivity index (χ0) is 8.39. The first-order chi connectivity index (χ1) is 5.84. The number of hydrogen-bond donors (Lipinski definition) is 0. The Hall–Kier alpha value is -1.03. The summed E-state index contributed by atoms with van der Waals surface area (Å²) in [6.07, 6.45) is 7.07. The molecule has 0 fully saturated rings. The summed E-state index contributed by atoms with van der Waals surface area (Å²) >= 11 is 3.33. The minimum absolute atomic E-state index is 0.752. The van der Waals surface area contributed by atoms with Gasteiger partial charge >= 0.3 is 0 Å². The number of rotatable bonds is 2. The monoisotopic (exact) mass is 226 g/mol. The van der Waals surface area contributed by atoms with Crippen LogP contribution < -0.4 is 0 Å². The minimum atomic E-state index is 0.752. The molecule has 2 rings (SSSR count). The lowest BCUT2D eigenvalue weighted by Crippen LogP contribution is -1.97. The molecule has 0 aliphatic carbocycles. The van der Waals surface area contributed by atoms with Gasteiger partial charge in [0.25, 0.3) is 0 Å². The van der Waals surface area contributed by atoms with E-state index in [0.717, 1.165) is 16.6 Å². The molecule has 0 aliphatic rings. The summed E-state index contributed by atoms with van der Waals surface area (Å²) in [6, 6.07) is 1.93. The lowest BCUT2D eigenvalue weighted by Gasteiger charge is -1.95. The standard InChI is InChI=1S/C8H7BrN2O/c9-8-3-10-11(5-8)4-7-1-2-12-6-7/h1-3,5-6H,4H2. The normalized spacial score (nSPS) is 10.4. The molecule has 62 valence electrons. The molecule has 0 saturated carbocycles. The summed E-state index contributed by atoms with van der Waals surface area (Å²) in [5, 5.41) is 4.12. The van der Waals surface area contributed by atoms with Gasteiger partial charge in [-0.2, -0.15) is 5.10 Å². The first kappa shape index (κ1) is 7.61. The third-order valence-corrected chi connectivity index (χ3v) is 1.94. The van der Waals surface area contributed by atoms with Crippen LogP contribution in [0, 0.1) is 0 Å². The van der Waals surface area contributed by atoms with Crippen molar-refractivity contribution in [3.8, 4) is 0 Å². The lowest BCUT2D eigenvalue weighted by atomic mass is 10.3. The predicted octanol–water partition coefficient (Wildman–Crippen LogP) is 2.29. The van der Waals surface area contributed by atoms with Crippen molar-refractivity contribution in [2.45, 2.75) is 6.54 Å². The number of hydrogen-bond acceptors (Lipinski definition) is 2. The zero-order valence-corrected chi connectivity index (χ0v) is 7.86. The van der Waals surface area contributed by atoms with Crippen molar-refractivity contribution in [2.24, 2.45) is 0 Å². The quantitative estimate of drug-likeness (QED) is 0.787. The Morgan fingerprint density at radius 2 is 2.50 bits per heavy atom. The average molecular weight is 227 g/mol. The van der Waals surface area contributed by atoms with Crippen molar-refractivity contribution in [1.82, 2.24) is 9.78 Å². The van der Waals surface area contributed by atoms with E-state index in [-0.39, 0.29) is 0 Å². The molecule has 0 aliphatic heterocycles. The summed E-state index contributed by atoms with van der Waals surface area (Å²) in [5.41, 5.74) is 1.12. The maximum absolute atomic E-state index is 4.94. The van der Waals surface area contributed by atoms with Crippen LogP contribution in [-0.4, -0.2) is 9.78 Å². The van der Waals surface area contributed by atoms with E-state index in [1.54, 1.807) is 18.7 Å². The molecule has 12 heavy (non-hydrogen) atoms. The van der Waals surface area contributed by atoms with Crippen LogP contribution in [0.15, 0.2) is 39.9 Å². The van der Waals surface area contributed by atoms with E-state index in [1.165, 1.54) is 0 Å². The number of halogens is 1. The lowest BCUT2D eigenvalue weighted by molar-refractivity contribution is 0.559. The van der Waals surface area contributed by atoms with E-state index >= 15 is 0 Å². The molecule has 0 amide bonds. The molecular formula is C8H7BrN2O. The fourth-order valence-electron chi connectivity index (χ4n) is 0.994. The molecule has 0 aromatic carbocycles. The van der Waals surface area contributed by atoms with Crippen molar-refractivity contribution >= 4 is 15.9 Å².